The first-order chi connectivity index (χ1) is 13.5. The van der Waals surface area contributed by atoms with Gasteiger partial charge in [0, 0.05) is 5.56 Å². The first-order valence-electron chi connectivity index (χ1n) is 8.01. The number of nitrogens with zero attached hydrogens (tertiary/aromatic N) is 4. The van der Waals surface area contributed by atoms with Crippen LogP contribution < -0.4 is 16.2 Å². The number of rotatable bonds is 4. The molecule has 142 valence electrons. The van der Waals surface area contributed by atoms with E-state index in [1.165, 1.54) is 0 Å². The van der Waals surface area contributed by atoms with Crippen LogP contribution in [0.5, 0.6) is 0 Å². The highest BCUT2D eigenvalue weighted by molar-refractivity contribution is 7.80. The minimum Gasteiger partial charge on any atom is -0.298 e. The molecule has 0 spiro atoms. The van der Waals surface area contributed by atoms with E-state index in [2.05, 4.69) is 31.6 Å². The maximum atomic E-state index is 12.1. The number of hydrazine groups is 1. The first kappa shape index (κ1) is 19.4. The topological polar surface area (TPSA) is 114 Å². The molecule has 28 heavy (non-hydrogen) atoms. The Kier molecular flexibility index (Phi) is 6.25. The number of hydrogen-bond donors (Lipinski definition) is 3. The third-order valence-electron chi connectivity index (χ3n) is 3.43. The van der Waals surface area contributed by atoms with Crippen molar-refractivity contribution in [2.45, 2.75) is 6.54 Å². The third kappa shape index (κ3) is 5.09. The number of carbonyl (C=O) groups is 2. The Hall–Kier alpha value is -3.37. The van der Waals surface area contributed by atoms with E-state index in [-0.39, 0.29) is 17.2 Å². The molecule has 0 saturated carbocycles. The molecule has 0 bridgehead atoms. The summed E-state index contributed by atoms with van der Waals surface area (Å²) in [6, 6.07) is 15.8. The standard InChI is InChI=1S/C17H14ClN7O2S/c18-13-9-5-4-8-12(13)16(27)19-17(28)22-20-14(26)10-25-23-15(21-24-25)11-6-2-1-3-7-11/h1-9H,10H2,(H,20,26)(H2,19,22,27,28). The highest BCUT2D eigenvalue weighted by Crippen LogP contribution is 2.14. The summed E-state index contributed by atoms with van der Waals surface area (Å²) >= 11 is 10.9. The number of benzene rings is 2. The predicted octanol–water partition coefficient (Wildman–Crippen LogP) is 1.33. The number of halogens is 1. The van der Waals surface area contributed by atoms with Crippen molar-refractivity contribution in [3.05, 3.63) is 65.2 Å². The van der Waals surface area contributed by atoms with Crippen molar-refractivity contribution >= 4 is 40.7 Å². The van der Waals surface area contributed by atoms with Gasteiger partial charge < -0.3 is 0 Å². The van der Waals surface area contributed by atoms with Crippen LogP contribution in [-0.4, -0.2) is 37.1 Å². The fraction of sp³-hybridized carbons (Fsp3) is 0.0588. The molecule has 1 heterocycles. The largest absolute Gasteiger partial charge is 0.298 e. The van der Waals surface area contributed by atoms with Crippen LogP contribution in [0.25, 0.3) is 11.4 Å². The van der Waals surface area contributed by atoms with E-state index in [1.807, 2.05) is 30.3 Å². The van der Waals surface area contributed by atoms with Gasteiger partial charge in [-0.1, -0.05) is 54.1 Å². The second-order valence-corrected chi connectivity index (χ2v) is 6.26. The normalized spacial score (nSPS) is 10.2. The molecule has 0 aliphatic carbocycles. The Balaban J connectivity index is 1.48. The number of tetrazole rings is 1. The molecule has 0 aliphatic rings. The van der Waals surface area contributed by atoms with E-state index < -0.39 is 11.8 Å². The van der Waals surface area contributed by atoms with Crippen LogP contribution in [0.1, 0.15) is 10.4 Å². The van der Waals surface area contributed by atoms with Gasteiger partial charge in [0.15, 0.2) is 5.11 Å². The van der Waals surface area contributed by atoms with Gasteiger partial charge in [-0.15, -0.1) is 10.2 Å². The summed E-state index contributed by atoms with van der Waals surface area (Å²) in [6.07, 6.45) is 0. The van der Waals surface area contributed by atoms with Crippen LogP contribution in [0.4, 0.5) is 0 Å². The minimum absolute atomic E-state index is 0.0882. The lowest BCUT2D eigenvalue weighted by molar-refractivity contribution is -0.122. The molecular weight excluding hydrogens is 402 g/mol. The van der Waals surface area contributed by atoms with Gasteiger partial charge in [-0.3, -0.25) is 25.8 Å². The average molecular weight is 416 g/mol. The molecule has 0 atom stereocenters. The van der Waals surface area contributed by atoms with Crippen LogP contribution >= 0.6 is 23.8 Å². The lowest BCUT2D eigenvalue weighted by atomic mass is 10.2. The van der Waals surface area contributed by atoms with Crippen LogP contribution in [0.2, 0.25) is 5.02 Å². The Labute approximate surface area is 170 Å². The van der Waals surface area contributed by atoms with Gasteiger partial charge in [-0.25, -0.2) is 0 Å². The summed E-state index contributed by atoms with van der Waals surface area (Å²) in [5.74, 6) is -0.571. The average Bonchev–Trinajstić information content (AvgIpc) is 3.16. The van der Waals surface area contributed by atoms with Crippen molar-refractivity contribution in [3.63, 3.8) is 0 Å². The summed E-state index contributed by atoms with van der Waals surface area (Å²) in [7, 11) is 0. The maximum Gasteiger partial charge on any atom is 0.262 e. The molecular formula is C17H14ClN7O2S. The highest BCUT2D eigenvalue weighted by Gasteiger charge is 2.12. The second-order valence-electron chi connectivity index (χ2n) is 5.45. The van der Waals surface area contributed by atoms with Crippen LogP contribution in [-0.2, 0) is 11.3 Å². The van der Waals surface area contributed by atoms with Crippen molar-refractivity contribution in [2.75, 3.05) is 0 Å². The summed E-state index contributed by atoms with van der Waals surface area (Å²) in [6.45, 7) is -0.187. The fourth-order valence-corrected chi connectivity index (χ4v) is 2.52. The fourth-order valence-electron chi connectivity index (χ4n) is 2.15. The Morgan fingerprint density at radius 1 is 1.04 bits per heavy atom. The van der Waals surface area contributed by atoms with Crippen molar-refractivity contribution in [2.24, 2.45) is 0 Å². The molecule has 2 amide bonds. The summed E-state index contributed by atoms with van der Waals surface area (Å²) in [5.41, 5.74) is 5.83. The Bertz CT molecular complexity index is 1010. The zero-order chi connectivity index (χ0) is 19.9. The number of carbonyl (C=O) groups excluding carboxylic acids is 2. The van der Waals surface area contributed by atoms with Crippen molar-refractivity contribution in [1.82, 2.24) is 36.4 Å². The van der Waals surface area contributed by atoms with Crippen LogP contribution in [0.15, 0.2) is 54.6 Å². The minimum atomic E-state index is -0.497. The van der Waals surface area contributed by atoms with E-state index in [9.17, 15) is 9.59 Å². The predicted molar refractivity (Wildman–Crippen MR) is 106 cm³/mol. The zero-order valence-corrected chi connectivity index (χ0v) is 15.9. The molecule has 2 aromatic carbocycles. The monoisotopic (exact) mass is 415 g/mol. The van der Waals surface area contributed by atoms with Gasteiger partial charge in [0.1, 0.15) is 6.54 Å². The molecule has 3 rings (SSSR count). The van der Waals surface area contributed by atoms with Crippen LogP contribution in [0.3, 0.4) is 0 Å². The lowest BCUT2D eigenvalue weighted by Crippen LogP contribution is -2.49. The molecule has 1 aromatic heterocycles. The summed E-state index contributed by atoms with van der Waals surface area (Å²) < 4.78 is 0. The lowest BCUT2D eigenvalue weighted by Gasteiger charge is -2.11. The number of amides is 2. The van der Waals surface area contributed by atoms with E-state index in [0.717, 1.165) is 10.4 Å². The van der Waals surface area contributed by atoms with Crippen LogP contribution in [0, 0.1) is 0 Å². The maximum absolute atomic E-state index is 12.1. The molecule has 0 saturated heterocycles. The van der Waals surface area contributed by atoms with Crippen molar-refractivity contribution in [3.8, 4) is 11.4 Å². The molecule has 0 unspecified atom stereocenters. The van der Waals surface area contributed by atoms with Gasteiger partial charge in [0.05, 0.1) is 10.6 Å². The smallest absolute Gasteiger partial charge is 0.262 e. The summed E-state index contributed by atoms with van der Waals surface area (Å²) in [5, 5.41) is 14.5. The van der Waals surface area contributed by atoms with Gasteiger partial charge >= 0.3 is 0 Å². The molecule has 11 heteroatoms. The number of aromatic nitrogens is 4. The molecule has 0 fully saturated rings. The first-order valence-corrected chi connectivity index (χ1v) is 8.79. The van der Waals surface area contributed by atoms with E-state index >= 15 is 0 Å². The highest BCUT2D eigenvalue weighted by atomic mass is 35.5. The second kappa shape index (κ2) is 9.02. The van der Waals surface area contributed by atoms with Crippen molar-refractivity contribution < 1.29 is 9.59 Å². The summed E-state index contributed by atoms with van der Waals surface area (Å²) in [4.78, 5) is 25.2. The van der Waals surface area contributed by atoms with Gasteiger partial charge in [-0.05, 0) is 29.6 Å². The number of thiocarbonyl (C=S) groups is 1. The van der Waals surface area contributed by atoms with E-state index in [4.69, 9.17) is 23.8 Å². The van der Waals surface area contributed by atoms with Crippen molar-refractivity contribution in [1.29, 1.82) is 0 Å². The molecule has 3 aromatic rings. The SMILES string of the molecule is O=C(Cn1nnc(-c2ccccc2)n1)NNC(=S)NC(=O)c1ccccc1Cl. The van der Waals surface area contributed by atoms with Gasteiger partial charge in [-0.2, -0.15) is 4.80 Å². The number of hydrogen-bond acceptors (Lipinski definition) is 6. The zero-order valence-electron chi connectivity index (χ0n) is 14.3. The Morgan fingerprint density at radius 3 is 2.50 bits per heavy atom. The quantitative estimate of drug-likeness (QED) is 0.435. The molecule has 0 radical (unpaired) electrons. The van der Waals surface area contributed by atoms with Gasteiger partial charge in [0.25, 0.3) is 11.8 Å². The van der Waals surface area contributed by atoms with E-state index in [0.29, 0.717) is 10.8 Å². The molecule has 0 aliphatic heterocycles. The molecule has 9 nitrogen and oxygen atoms in total. The number of nitrogens with one attached hydrogen (secondary N) is 3. The Morgan fingerprint density at radius 2 is 1.75 bits per heavy atom. The molecule has 3 N–H and O–H groups in total. The van der Waals surface area contributed by atoms with E-state index in [1.54, 1.807) is 24.3 Å². The van der Waals surface area contributed by atoms with Gasteiger partial charge in [0.2, 0.25) is 5.82 Å². The third-order valence-corrected chi connectivity index (χ3v) is 3.96.